The number of rotatable bonds is 4. The summed E-state index contributed by atoms with van der Waals surface area (Å²) in [5.74, 6) is 1.96. The monoisotopic (exact) mass is 208 g/mol. The third kappa shape index (κ3) is 2.30. The van der Waals surface area contributed by atoms with Crippen molar-refractivity contribution in [3.05, 3.63) is 0 Å². The van der Waals surface area contributed by atoms with Crippen molar-refractivity contribution in [2.75, 3.05) is 0 Å². The molecule has 0 aromatic rings. The van der Waals surface area contributed by atoms with Gasteiger partial charge in [0, 0.05) is 12.3 Å². The highest BCUT2D eigenvalue weighted by molar-refractivity contribution is 6.00. The Kier molecular flexibility index (Phi) is 3.22. The molecule has 3 fully saturated rings. The highest BCUT2D eigenvalue weighted by Crippen LogP contribution is 2.45. The lowest BCUT2D eigenvalue weighted by molar-refractivity contribution is -0.132. The van der Waals surface area contributed by atoms with Gasteiger partial charge in [-0.05, 0) is 31.1 Å². The summed E-state index contributed by atoms with van der Waals surface area (Å²) in [5.41, 5.74) is 0. The van der Waals surface area contributed by atoms with Gasteiger partial charge in [-0.25, -0.2) is 0 Å². The Hall–Kier alpha value is -0.660. The normalized spacial score (nSPS) is 34.1. The van der Waals surface area contributed by atoms with E-state index < -0.39 is 0 Å². The van der Waals surface area contributed by atoms with Crippen LogP contribution in [0.25, 0.3) is 0 Å². The number of ketones is 2. The molecule has 84 valence electrons. The van der Waals surface area contributed by atoms with E-state index in [-0.39, 0.29) is 23.9 Å². The Labute approximate surface area is 91.4 Å². The average molecular weight is 208 g/mol. The molecule has 1 unspecified atom stereocenters. The molecule has 0 heterocycles. The summed E-state index contributed by atoms with van der Waals surface area (Å²) in [4.78, 5) is 23.2. The second kappa shape index (κ2) is 4.46. The lowest BCUT2D eigenvalue weighted by Gasteiger charge is -2.41. The van der Waals surface area contributed by atoms with Gasteiger partial charge in [-0.3, -0.25) is 9.59 Å². The van der Waals surface area contributed by atoms with Gasteiger partial charge in [-0.1, -0.05) is 19.8 Å². The minimum absolute atomic E-state index is 0.112. The standard InChI is InChI=1S/C13H20O2/c1-2-11(14)8-13(15)12-7-9-3-5-10(12)6-4-9/h9-10,12H,2-8H2,1H3. The van der Waals surface area contributed by atoms with Crippen LogP contribution >= 0.6 is 0 Å². The molecule has 15 heavy (non-hydrogen) atoms. The quantitative estimate of drug-likeness (QED) is 0.666. The molecule has 3 aliphatic rings. The van der Waals surface area contributed by atoms with Crippen LogP contribution in [0, 0.1) is 17.8 Å². The first kappa shape index (κ1) is 10.8. The second-order valence-electron chi connectivity index (χ2n) is 5.16. The molecule has 0 aromatic heterocycles. The zero-order valence-corrected chi connectivity index (χ0v) is 9.50. The maximum atomic E-state index is 11.9. The van der Waals surface area contributed by atoms with E-state index in [1.54, 1.807) is 0 Å². The molecule has 0 spiro atoms. The van der Waals surface area contributed by atoms with E-state index in [1.807, 2.05) is 6.92 Å². The van der Waals surface area contributed by atoms with Crippen LogP contribution in [-0.4, -0.2) is 11.6 Å². The minimum atomic E-state index is 0.112. The highest BCUT2D eigenvalue weighted by atomic mass is 16.1. The summed E-state index contributed by atoms with van der Waals surface area (Å²) in [6, 6.07) is 0. The van der Waals surface area contributed by atoms with Crippen LogP contribution in [0.3, 0.4) is 0 Å². The van der Waals surface area contributed by atoms with Crippen LogP contribution in [0.15, 0.2) is 0 Å². The first-order valence-electron chi connectivity index (χ1n) is 6.25. The third-order valence-electron chi connectivity index (χ3n) is 4.23. The van der Waals surface area contributed by atoms with Crippen LogP contribution in [0.4, 0.5) is 0 Å². The first-order valence-corrected chi connectivity index (χ1v) is 6.25. The highest BCUT2D eigenvalue weighted by Gasteiger charge is 2.39. The number of Topliss-reactive ketones (excluding diaryl/α,β-unsaturated/α-hetero) is 2. The van der Waals surface area contributed by atoms with Gasteiger partial charge < -0.3 is 0 Å². The van der Waals surface area contributed by atoms with Gasteiger partial charge >= 0.3 is 0 Å². The molecule has 0 N–H and O–H groups in total. The van der Waals surface area contributed by atoms with Gasteiger partial charge in [0.2, 0.25) is 0 Å². The van der Waals surface area contributed by atoms with Crippen LogP contribution in [0.2, 0.25) is 0 Å². The largest absolute Gasteiger partial charge is 0.299 e. The van der Waals surface area contributed by atoms with Gasteiger partial charge in [0.25, 0.3) is 0 Å². The number of carbonyl (C=O) groups is 2. The van der Waals surface area contributed by atoms with E-state index in [9.17, 15) is 9.59 Å². The Morgan fingerprint density at radius 2 is 1.80 bits per heavy atom. The van der Waals surface area contributed by atoms with E-state index in [0.29, 0.717) is 12.3 Å². The van der Waals surface area contributed by atoms with Gasteiger partial charge in [0.15, 0.2) is 0 Å². The van der Waals surface area contributed by atoms with E-state index in [0.717, 1.165) is 12.3 Å². The number of fused-ring (bicyclic) bond motifs is 3. The van der Waals surface area contributed by atoms with Crippen LogP contribution < -0.4 is 0 Å². The average Bonchev–Trinajstić information content (AvgIpc) is 2.30. The summed E-state index contributed by atoms with van der Waals surface area (Å²) in [5, 5.41) is 0. The van der Waals surface area contributed by atoms with E-state index in [1.165, 1.54) is 25.7 Å². The van der Waals surface area contributed by atoms with Crippen LogP contribution in [0.1, 0.15) is 51.9 Å². The molecule has 0 aliphatic heterocycles. The van der Waals surface area contributed by atoms with Crippen molar-refractivity contribution < 1.29 is 9.59 Å². The number of hydrogen-bond acceptors (Lipinski definition) is 2. The van der Waals surface area contributed by atoms with Crippen molar-refractivity contribution in [2.24, 2.45) is 17.8 Å². The van der Waals surface area contributed by atoms with Crippen molar-refractivity contribution in [1.82, 2.24) is 0 Å². The summed E-state index contributed by atoms with van der Waals surface area (Å²) in [6.45, 7) is 1.84. The molecule has 2 heteroatoms. The number of hydrogen-bond donors (Lipinski definition) is 0. The number of carbonyl (C=O) groups excluding carboxylic acids is 2. The maximum absolute atomic E-state index is 11.9. The van der Waals surface area contributed by atoms with Crippen molar-refractivity contribution in [3.63, 3.8) is 0 Å². The van der Waals surface area contributed by atoms with E-state index in [4.69, 9.17) is 0 Å². The van der Waals surface area contributed by atoms with Crippen molar-refractivity contribution in [1.29, 1.82) is 0 Å². The maximum Gasteiger partial charge on any atom is 0.143 e. The minimum Gasteiger partial charge on any atom is -0.299 e. The fraction of sp³-hybridized carbons (Fsp3) is 0.846. The zero-order valence-electron chi connectivity index (χ0n) is 9.50. The molecule has 1 atom stereocenters. The molecular formula is C13H20O2. The summed E-state index contributed by atoms with van der Waals surface area (Å²) >= 11 is 0. The molecule has 3 rings (SSSR count). The SMILES string of the molecule is CCC(=O)CC(=O)C1CC2CCC1CC2. The van der Waals surface area contributed by atoms with Crippen LogP contribution in [0.5, 0.6) is 0 Å². The summed E-state index contributed by atoms with van der Waals surface area (Å²) < 4.78 is 0. The summed E-state index contributed by atoms with van der Waals surface area (Å²) in [7, 11) is 0. The first-order chi connectivity index (χ1) is 7.20. The fourth-order valence-corrected chi connectivity index (χ4v) is 3.22. The molecule has 0 saturated heterocycles. The lowest BCUT2D eigenvalue weighted by Crippen LogP contribution is -2.36. The molecule has 2 nitrogen and oxygen atoms in total. The molecule has 3 saturated carbocycles. The molecule has 3 aliphatic carbocycles. The third-order valence-corrected chi connectivity index (χ3v) is 4.23. The Morgan fingerprint density at radius 3 is 2.27 bits per heavy atom. The summed E-state index contributed by atoms with van der Waals surface area (Å²) in [6.07, 6.45) is 6.85. The van der Waals surface area contributed by atoms with E-state index in [2.05, 4.69) is 0 Å². The predicted octanol–water partition coefficient (Wildman–Crippen LogP) is 2.75. The topological polar surface area (TPSA) is 34.1 Å². The molecule has 0 aromatic carbocycles. The smallest absolute Gasteiger partial charge is 0.143 e. The Morgan fingerprint density at radius 1 is 1.13 bits per heavy atom. The zero-order chi connectivity index (χ0) is 10.8. The second-order valence-corrected chi connectivity index (χ2v) is 5.16. The molecule has 0 amide bonds. The molecule has 2 bridgehead atoms. The van der Waals surface area contributed by atoms with Gasteiger partial charge in [-0.15, -0.1) is 0 Å². The Bertz CT molecular complexity index is 262. The fourth-order valence-electron chi connectivity index (χ4n) is 3.22. The van der Waals surface area contributed by atoms with E-state index >= 15 is 0 Å². The predicted molar refractivity (Wildman–Crippen MR) is 58.5 cm³/mol. The lowest BCUT2D eigenvalue weighted by atomic mass is 9.63. The van der Waals surface area contributed by atoms with Gasteiger partial charge in [0.1, 0.15) is 11.6 Å². The van der Waals surface area contributed by atoms with Gasteiger partial charge in [0.05, 0.1) is 6.42 Å². The van der Waals surface area contributed by atoms with Crippen LogP contribution in [-0.2, 0) is 9.59 Å². The molecule has 0 radical (unpaired) electrons. The molecular weight excluding hydrogens is 188 g/mol. The van der Waals surface area contributed by atoms with Crippen molar-refractivity contribution in [3.8, 4) is 0 Å². The van der Waals surface area contributed by atoms with Crippen molar-refractivity contribution in [2.45, 2.75) is 51.9 Å². The van der Waals surface area contributed by atoms with Gasteiger partial charge in [-0.2, -0.15) is 0 Å². The van der Waals surface area contributed by atoms with Crippen molar-refractivity contribution >= 4 is 11.6 Å². The Balaban J connectivity index is 1.93.